The first-order chi connectivity index (χ1) is 14.1. The molecule has 152 valence electrons. The first-order valence-corrected chi connectivity index (χ1v) is 10.2. The van der Waals surface area contributed by atoms with Crippen LogP contribution in [0.1, 0.15) is 41.6 Å². The lowest BCUT2D eigenvalue weighted by Gasteiger charge is -2.37. The quantitative estimate of drug-likeness (QED) is 0.726. The van der Waals surface area contributed by atoms with Crippen molar-refractivity contribution in [3.05, 3.63) is 65.5 Å². The third-order valence-corrected chi connectivity index (χ3v) is 6.26. The monoisotopic (exact) mass is 395 g/mol. The number of anilines is 1. The Morgan fingerprint density at radius 1 is 1.07 bits per heavy atom. The normalized spacial score (nSPS) is 23.3. The minimum Gasteiger partial charge on any atom is -0.351 e. The molecule has 0 unspecified atom stereocenters. The van der Waals surface area contributed by atoms with Gasteiger partial charge in [0.25, 0.3) is 5.91 Å². The van der Waals surface area contributed by atoms with E-state index in [0.717, 1.165) is 37.9 Å². The zero-order chi connectivity index (χ0) is 20.3. The topological polar surface area (TPSA) is 70.2 Å². The molecule has 2 aromatic carbocycles. The molecule has 2 aromatic rings. The van der Waals surface area contributed by atoms with E-state index in [1.54, 1.807) is 12.1 Å². The number of hydrogen-bond donors (Lipinski definition) is 3. The van der Waals surface area contributed by atoms with Crippen LogP contribution in [0.25, 0.3) is 0 Å². The minimum absolute atomic E-state index is 0.144. The van der Waals surface area contributed by atoms with Crippen molar-refractivity contribution in [2.75, 3.05) is 18.4 Å². The molecule has 2 fully saturated rings. The molecule has 1 aliphatic carbocycles. The third kappa shape index (κ3) is 4.17. The smallest absolute Gasteiger partial charge is 0.255 e. The van der Waals surface area contributed by atoms with Crippen LogP contribution in [-0.2, 0) is 11.3 Å². The first kappa shape index (κ1) is 19.6. The number of benzene rings is 2. The van der Waals surface area contributed by atoms with Gasteiger partial charge in [0.2, 0.25) is 5.91 Å². The van der Waals surface area contributed by atoms with Crippen molar-refractivity contribution in [1.29, 1.82) is 0 Å². The summed E-state index contributed by atoms with van der Waals surface area (Å²) in [5, 5.41) is 9.25. The lowest BCUT2D eigenvalue weighted by Crippen LogP contribution is -2.47. The number of amides is 2. The van der Waals surface area contributed by atoms with Crippen molar-refractivity contribution in [3.63, 3.8) is 0 Å². The van der Waals surface area contributed by atoms with E-state index in [1.807, 2.05) is 12.1 Å². The number of halogens is 1. The number of nitrogens with one attached hydrogen (secondary N) is 3. The molecule has 3 N–H and O–H groups in total. The lowest BCUT2D eigenvalue weighted by atomic mass is 9.67. The van der Waals surface area contributed by atoms with Crippen molar-refractivity contribution in [1.82, 2.24) is 10.6 Å². The zero-order valence-electron chi connectivity index (χ0n) is 16.3. The summed E-state index contributed by atoms with van der Waals surface area (Å²) in [5.74, 6) is -0.0193. The van der Waals surface area contributed by atoms with Crippen LogP contribution in [0, 0.1) is 17.2 Å². The van der Waals surface area contributed by atoms with Crippen molar-refractivity contribution < 1.29 is 14.0 Å². The van der Waals surface area contributed by atoms with Crippen LogP contribution in [0.15, 0.2) is 48.5 Å². The highest BCUT2D eigenvalue weighted by Crippen LogP contribution is 2.43. The number of rotatable bonds is 5. The SMILES string of the molecule is O=C(Nc1ccc(F)cc1)c1ccc(CNC(=O)[C@@]23CCCC[C@H]2CNC3)cc1. The summed E-state index contributed by atoms with van der Waals surface area (Å²) in [4.78, 5) is 25.3. The van der Waals surface area contributed by atoms with Gasteiger partial charge in [-0.25, -0.2) is 4.39 Å². The van der Waals surface area contributed by atoms with Gasteiger partial charge in [-0.15, -0.1) is 0 Å². The van der Waals surface area contributed by atoms with Gasteiger partial charge in [-0.05, 0) is 67.3 Å². The van der Waals surface area contributed by atoms with Crippen LogP contribution in [0.5, 0.6) is 0 Å². The Balaban J connectivity index is 1.34. The number of carbonyl (C=O) groups excluding carboxylic acids is 2. The second kappa shape index (κ2) is 8.33. The van der Waals surface area contributed by atoms with Gasteiger partial charge in [0.1, 0.15) is 5.82 Å². The fourth-order valence-corrected chi connectivity index (χ4v) is 4.56. The van der Waals surface area contributed by atoms with Crippen molar-refractivity contribution in [2.45, 2.75) is 32.2 Å². The molecule has 0 spiro atoms. The lowest BCUT2D eigenvalue weighted by molar-refractivity contribution is -0.134. The Labute approximate surface area is 170 Å². The fourth-order valence-electron chi connectivity index (χ4n) is 4.56. The maximum absolute atomic E-state index is 13.0. The van der Waals surface area contributed by atoms with E-state index in [-0.39, 0.29) is 23.0 Å². The summed E-state index contributed by atoms with van der Waals surface area (Å²) in [5.41, 5.74) is 1.74. The van der Waals surface area contributed by atoms with Crippen LogP contribution in [-0.4, -0.2) is 24.9 Å². The van der Waals surface area contributed by atoms with Gasteiger partial charge >= 0.3 is 0 Å². The number of hydrogen-bond acceptors (Lipinski definition) is 3. The van der Waals surface area contributed by atoms with E-state index in [1.165, 1.54) is 30.7 Å². The molecule has 6 heteroatoms. The largest absolute Gasteiger partial charge is 0.351 e. The molecule has 2 amide bonds. The summed E-state index contributed by atoms with van der Waals surface area (Å²) in [6.07, 6.45) is 4.41. The van der Waals surface area contributed by atoms with E-state index in [2.05, 4.69) is 16.0 Å². The molecule has 1 aliphatic heterocycles. The van der Waals surface area contributed by atoms with E-state index >= 15 is 0 Å². The molecule has 1 saturated carbocycles. The van der Waals surface area contributed by atoms with Gasteiger partial charge in [-0.2, -0.15) is 0 Å². The van der Waals surface area contributed by atoms with Crippen molar-refractivity contribution >= 4 is 17.5 Å². The van der Waals surface area contributed by atoms with Crippen LogP contribution < -0.4 is 16.0 Å². The Morgan fingerprint density at radius 3 is 2.59 bits per heavy atom. The molecule has 0 aromatic heterocycles. The van der Waals surface area contributed by atoms with Crippen LogP contribution in [0.3, 0.4) is 0 Å². The highest BCUT2D eigenvalue weighted by atomic mass is 19.1. The predicted molar refractivity (Wildman–Crippen MR) is 110 cm³/mol. The summed E-state index contributed by atoms with van der Waals surface area (Å²) >= 11 is 0. The molecule has 0 radical (unpaired) electrons. The van der Waals surface area contributed by atoms with Gasteiger partial charge in [0.15, 0.2) is 0 Å². The molecule has 1 heterocycles. The standard InChI is InChI=1S/C23H26FN3O2/c24-19-8-10-20(11-9-19)27-21(28)17-6-4-16(5-7-17)13-26-22(29)23-12-2-1-3-18(23)14-25-15-23/h4-11,18,25H,1-3,12-15H2,(H,26,29)(H,27,28)/t18-,23+/m0/s1. The summed E-state index contributed by atoms with van der Waals surface area (Å²) < 4.78 is 13.0. The summed E-state index contributed by atoms with van der Waals surface area (Å²) in [6.45, 7) is 2.16. The van der Waals surface area contributed by atoms with E-state index < -0.39 is 0 Å². The third-order valence-electron chi connectivity index (χ3n) is 6.26. The van der Waals surface area contributed by atoms with Gasteiger partial charge < -0.3 is 16.0 Å². The molecule has 5 nitrogen and oxygen atoms in total. The highest BCUT2D eigenvalue weighted by Gasteiger charge is 2.49. The van der Waals surface area contributed by atoms with Crippen LogP contribution in [0.4, 0.5) is 10.1 Å². The van der Waals surface area contributed by atoms with Gasteiger partial charge in [0.05, 0.1) is 5.41 Å². The molecular weight excluding hydrogens is 369 g/mol. The van der Waals surface area contributed by atoms with Crippen LogP contribution in [0.2, 0.25) is 0 Å². The minimum atomic E-state index is -0.345. The molecule has 0 bridgehead atoms. The fraction of sp³-hybridized carbons (Fsp3) is 0.391. The van der Waals surface area contributed by atoms with E-state index in [4.69, 9.17) is 0 Å². The molecule has 29 heavy (non-hydrogen) atoms. The van der Waals surface area contributed by atoms with E-state index in [9.17, 15) is 14.0 Å². The molecular formula is C23H26FN3O2. The maximum Gasteiger partial charge on any atom is 0.255 e. The second-order valence-electron chi connectivity index (χ2n) is 8.07. The second-order valence-corrected chi connectivity index (χ2v) is 8.07. The zero-order valence-corrected chi connectivity index (χ0v) is 16.3. The number of fused-ring (bicyclic) bond motifs is 1. The van der Waals surface area contributed by atoms with Gasteiger partial charge in [-0.1, -0.05) is 25.0 Å². The average Bonchev–Trinajstić information content (AvgIpc) is 3.19. The predicted octanol–water partition coefficient (Wildman–Crippen LogP) is 3.47. The molecule has 1 saturated heterocycles. The number of carbonyl (C=O) groups is 2. The first-order valence-electron chi connectivity index (χ1n) is 10.2. The average molecular weight is 395 g/mol. The van der Waals surface area contributed by atoms with Gasteiger partial charge in [0, 0.05) is 24.3 Å². The molecule has 2 aliphatic rings. The van der Waals surface area contributed by atoms with Crippen LogP contribution >= 0.6 is 0 Å². The van der Waals surface area contributed by atoms with Crippen molar-refractivity contribution in [2.24, 2.45) is 11.3 Å². The Hall–Kier alpha value is -2.73. The summed E-state index contributed by atoms with van der Waals surface area (Å²) in [6, 6.07) is 12.8. The Bertz CT molecular complexity index is 882. The van der Waals surface area contributed by atoms with Crippen molar-refractivity contribution in [3.8, 4) is 0 Å². The molecule has 2 atom stereocenters. The summed E-state index contributed by atoms with van der Waals surface area (Å²) in [7, 11) is 0. The molecule has 4 rings (SSSR count). The Morgan fingerprint density at radius 2 is 1.83 bits per heavy atom. The van der Waals surface area contributed by atoms with E-state index in [0.29, 0.717) is 23.7 Å². The Kier molecular flexibility index (Phi) is 5.62. The maximum atomic E-state index is 13.0. The highest BCUT2D eigenvalue weighted by molar-refractivity contribution is 6.04. The van der Waals surface area contributed by atoms with Gasteiger partial charge in [-0.3, -0.25) is 9.59 Å².